The second-order valence-corrected chi connectivity index (χ2v) is 20.7. The lowest BCUT2D eigenvalue weighted by atomic mass is 9.74. The molecular weight excluding hydrogens is 893 g/mol. The van der Waals surface area contributed by atoms with Gasteiger partial charge in [-0.05, 0) is 147 Å². The fourth-order valence-electron chi connectivity index (χ4n) is 13.1. The Morgan fingerprint density at radius 3 is 1.80 bits per heavy atom. The molecule has 12 aromatic rings. The van der Waals surface area contributed by atoms with Gasteiger partial charge in [0.05, 0.1) is 22.4 Å². The fourth-order valence-corrected chi connectivity index (χ4v) is 13.1. The molecule has 1 atom stereocenters. The maximum atomic E-state index is 2.53. The lowest BCUT2D eigenvalue weighted by molar-refractivity contribution is 0.445. The van der Waals surface area contributed by atoms with E-state index in [1.165, 1.54) is 120 Å². The standard InChI is InChI=1S/C72H56N2/c1-72(54-25-7-3-8-26-54)65-35-15-11-30-59(65)60-45-41-52(47-66(60)72)49-39-43-56(44-40-49)73(69-38-18-14-32-62(69)64-34-20-24-51-23-19-33-58(71(51)64)50-21-5-2-6-22-50)67-36-16-12-29-57(67)53-42-46-63-61-31-13-17-37-68(61)74(70(63)48-53)55-27-9-4-10-28-55/h3-4,7-20,23-48,50H,2,5-6,21-22H2,1H3. The Balaban J connectivity index is 0.955. The van der Waals surface area contributed by atoms with Crippen LogP contribution >= 0.6 is 0 Å². The number of aromatic nitrogens is 1. The predicted octanol–water partition coefficient (Wildman–Crippen LogP) is 19.8. The summed E-state index contributed by atoms with van der Waals surface area (Å²) in [6.07, 6.45) is 6.42. The minimum atomic E-state index is -0.274. The van der Waals surface area contributed by atoms with Gasteiger partial charge in [-0.1, -0.05) is 219 Å². The number of anilines is 3. The smallest absolute Gasteiger partial charge is 0.0547 e. The Morgan fingerprint density at radius 1 is 0.405 bits per heavy atom. The first-order valence-electron chi connectivity index (χ1n) is 26.6. The first kappa shape index (κ1) is 44.0. The van der Waals surface area contributed by atoms with Crippen molar-refractivity contribution in [1.29, 1.82) is 0 Å². The quantitative estimate of drug-likeness (QED) is 0.140. The van der Waals surface area contributed by atoms with Crippen molar-refractivity contribution in [3.05, 3.63) is 277 Å². The molecular formula is C72H56N2. The maximum absolute atomic E-state index is 2.53. The summed E-state index contributed by atoms with van der Waals surface area (Å²) in [5.74, 6) is 0.561. The van der Waals surface area contributed by atoms with E-state index in [1.54, 1.807) is 0 Å². The molecule has 11 aromatic carbocycles. The van der Waals surface area contributed by atoms with Crippen molar-refractivity contribution in [3.8, 4) is 50.2 Å². The van der Waals surface area contributed by atoms with Crippen LogP contribution < -0.4 is 4.90 Å². The highest BCUT2D eigenvalue weighted by molar-refractivity contribution is 6.11. The predicted molar refractivity (Wildman–Crippen MR) is 313 cm³/mol. The zero-order chi connectivity index (χ0) is 49.2. The van der Waals surface area contributed by atoms with E-state index >= 15 is 0 Å². The third kappa shape index (κ3) is 7.15. The van der Waals surface area contributed by atoms with Crippen LogP contribution in [0.1, 0.15) is 67.2 Å². The molecule has 74 heavy (non-hydrogen) atoms. The van der Waals surface area contributed by atoms with Crippen LogP contribution in [-0.2, 0) is 5.41 Å². The lowest BCUT2D eigenvalue weighted by Crippen LogP contribution is -2.22. The van der Waals surface area contributed by atoms with Crippen molar-refractivity contribution >= 4 is 49.6 Å². The van der Waals surface area contributed by atoms with Gasteiger partial charge >= 0.3 is 0 Å². The largest absolute Gasteiger partial charge is 0.309 e. The summed E-state index contributed by atoms with van der Waals surface area (Å²) in [6, 6.07) is 95.2. The molecule has 0 aliphatic heterocycles. The van der Waals surface area contributed by atoms with Gasteiger partial charge in [-0.3, -0.25) is 0 Å². The first-order valence-corrected chi connectivity index (χ1v) is 26.6. The Kier molecular flexibility index (Phi) is 10.8. The summed E-state index contributed by atoms with van der Waals surface area (Å²) in [7, 11) is 0. The highest BCUT2D eigenvalue weighted by atomic mass is 15.1. The summed E-state index contributed by atoms with van der Waals surface area (Å²) >= 11 is 0. The average molecular weight is 949 g/mol. The van der Waals surface area contributed by atoms with E-state index < -0.39 is 0 Å². The number of para-hydroxylation sites is 4. The Labute approximate surface area is 434 Å². The molecule has 2 aliphatic rings. The van der Waals surface area contributed by atoms with Crippen LogP contribution in [0.2, 0.25) is 0 Å². The van der Waals surface area contributed by atoms with Crippen molar-refractivity contribution in [2.75, 3.05) is 4.90 Å². The van der Waals surface area contributed by atoms with Crippen LogP contribution in [0.25, 0.3) is 82.8 Å². The van der Waals surface area contributed by atoms with E-state index in [1.807, 2.05) is 0 Å². The summed E-state index contributed by atoms with van der Waals surface area (Å²) < 4.78 is 2.42. The van der Waals surface area contributed by atoms with E-state index in [2.05, 4.69) is 271 Å². The van der Waals surface area contributed by atoms with Gasteiger partial charge in [0.1, 0.15) is 0 Å². The first-order chi connectivity index (χ1) is 36.6. The zero-order valence-corrected chi connectivity index (χ0v) is 41.8. The minimum Gasteiger partial charge on any atom is -0.309 e. The second kappa shape index (κ2) is 18.1. The van der Waals surface area contributed by atoms with Crippen molar-refractivity contribution in [2.45, 2.75) is 50.4 Å². The van der Waals surface area contributed by atoms with Crippen LogP contribution in [0.5, 0.6) is 0 Å². The molecule has 0 saturated heterocycles. The van der Waals surface area contributed by atoms with Gasteiger partial charge in [-0.15, -0.1) is 0 Å². The minimum absolute atomic E-state index is 0.274. The van der Waals surface area contributed by atoms with Crippen LogP contribution in [0, 0.1) is 0 Å². The van der Waals surface area contributed by atoms with Crippen molar-refractivity contribution < 1.29 is 0 Å². The molecule has 2 nitrogen and oxygen atoms in total. The number of rotatable bonds is 9. The maximum Gasteiger partial charge on any atom is 0.0547 e. The Hall–Kier alpha value is -8.72. The van der Waals surface area contributed by atoms with Crippen LogP contribution in [0.3, 0.4) is 0 Å². The van der Waals surface area contributed by atoms with Gasteiger partial charge in [-0.2, -0.15) is 0 Å². The molecule has 2 aliphatic carbocycles. The summed E-state index contributed by atoms with van der Waals surface area (Å²) in [5.41, 5.74) is 22.0. The third-order valence-electron chi connectivity index (χ3n) is 16.7. The molecule has 1 fully saturated rings. The van der Waals surface area contributed by atoms with Gasteiger partial charge in [0.2, 0.25) is 0 Å². The normalized spacial score (nSPS) is 15.4. The highest BCUT2D eigenvalue weighted by Crippen LogP contribution is 2.54. The average Bonchev–Trinajstić information content (AvgIpc) is 3.95. The fraction of sp³-hybridized carbons (Fsp3) is 0.111. The second-order valence-electron chi connectivity index (χ2n) is 20.7. The highest BCUT2D eigenvalue weighted by Gasteiger charge is 2.40. The van der Waals surface area contributed by atoms with E-state index in [9.17, 15) is 0 Å². The molecule has 1 heterocycles. The molecule has 1 aromatic heterocycles. The van der Waals surface area contributed by atoms with Crippen LogP contribution in [-0.4, -0.2) is 4.57 Å². The molecule has 2 heteroatoms. The van der Waals surface area contributed by atoms with Gasteiger partial charge in [-0.25, -0.2) is 0 Å². The number of hydrogen-bond donors (Lipinski definition) is 0. The third-order valence-corrected chi connectivity index (χ3v) is 16.7. The monoisotopic (exact) mass is 948 g/mol. The van der Waals surface area contributed by atoms with Crippen molar-refractivity contribution in [2.24, 2.45) is 0 Å². The van der Waals surface area contributed by atoms with Gasteiger partial charge in [0, 0.05) is 38.7 Å². The molecule has 0 radical (unpaired) electrons. The molecule has 354 valence electrons. The summed E-state index contributed by atoms with van der Waals surface area (Å²) in [4.78, 5) is 2.53. The SMILES string of the molecule is CC1(c2ccccc2)c2ccccc2-c2ccc(-c3ccc(N(c4ccccc4-c4ccc5c6ccccc6n(-c6ccccc6)c5c4)c4ccccc4-c4cccc5cccc(C6CCCCC6)c45)cc3)cc21. The van der Waals surface area contributed by atoms with E-state index in [0.29, 0.717) is 5.92 Å². The zero-order valence-electron chi connectivity index (χ0n) is 41.8. The molecule has 14 rings (SSSR count). The topological polar surface area (TPSA) is 8.17 Å². The van der Waals surface area contributed by atoms with E-state index in [-0.39, 0.29) is 5.41 Å². The van der Waals surface area contributed by atoms with E-state index in [4.69, 9.17) is 0 Å². The molecule has 1 saturated carbocycles. The van der Waals surface area contributed by atoms with Gasteiger partial charge in [0.25, 0.3) is 0 Å². The molecule has 0 bridgehead atoms. The number of hydrogen-bond acceptors (Lipinski definition) is 1. The number of fused-ring (bicyclic) bond motifs is 7. The van der Waals surface area contributed by atoms with Crippen molar-refractivity contribution in [3.63, 3.8) is 0 Å². The summed E-state index contributed by atoms with van der Waals surface area (Å²) in [6.45, 7) is 2.40. The van der Waals surface area contributed by atoms with E-state index in [0.717, 1.165) is 33.9 Å². The number of benzene rings is 11. The molecule has 0 N–H and O–H groups in total. The Morgan fingerprint density at radius 2 is 1.00 bits per heavy atom. The molecule has 1 unspecified atom stereocenters. The lowest BCUT2D eigenvalue weighted by Gasteiger charge is -2.31. The molecule has 0 spiro atoms. The summed E-state index contributed by atoms with van der Waals surface area (Å²) in [5, 5.41) is 5.19. The number of nitrogens with zero attached hydrogens (tertiary/aromatic N) is 2. The molecule has 0 amide bonds. The Bertz CT molecular complexity index is 4060. The van der Waals surface area contributed by atoms with Crippen LogP contribution in [0.4, 0.5) is 17.1 Å². The van der Waals surface area contributed by atoms with Crippen molar-refractivity contribution in [1.82, 2.24) is 4.57 Å². The van der Waals surface area contributed by atoms with Crippen LogP contribution in [0.15, 0.2) is 255 Å². The van der Waals surface area contributed by atoms with Gasteiger partial charge < -0.3 is 9.47 Å². The van der Waals surface area contributed by atoms with Gasteiger partial charge in [0.15, 0.2) is 0 Å².